The zero-order chi connectivity index (χ0) is 19.2. The minimum Gasteiger partial charge on any atom is -0.454 e. The Bertz CT molecular complexity index is 954. The molecule has 1 amide bonds. The number of hydrogen-bond acceptors (Lipinski definition) is 6. The first kappa shape index (κ1) is 18.2. The summed E-state index contributed by atoms with van der Waals surface area (Å²) in [7, 11) is 0. The highest BCUT2D eigenvalue weighted by Crippen LogP contribution is 2.16. The van der Waals surface area contributed by atoms with E-state index in [1.807, 2.05) is 31.2 Å². The minimum absolute atomic E-state index is 0.124. The van der Waals surface area contributed by atoms with Crippen molar-refractivity contribution in [2.24, 2.45) is 0 Å². The number of halogens is 1. The molecule has 138 valence electrons. The third kappa shape index (κ3) is 4.75. The van der Waals surface area contributed by atoms with Crippen molar-refractivity contribution in [1.29, 1.82) is 0 Å². The maximum Gasteiger partial charge on any atom is 0.325 e. The number of rotatable bonds is 6. The van der Waals surface area contributed by atoms with E-state index in [9.17, 15) is 14.0 Å². The summed E-state index contributed by atoms with van der Waals surface area (Å²) in [4.78, 5) is 27.7. The molecule has 3 rings (SSSR count). The summed E-state index contributed by atoms with van der Waals surface area (Å²) in [5.74, 6) is -1.58. The maximum atomic E-state index is 13.5. The molecule has 2 aromatic carbocycles. The normalized spacial score (nSPS) is 10.4. The molecule has 7 nitrogen and oxygen atoms in total. The molecule has 1 heterocycles. The number of carbonyl (C=O) groups is 2. The first-order valence-electron chi connectivity index (χ1n) is 8.11. The van der Waals surface area contributed by atoms with Crippen LogP contribution in [0, 0.1) is 12.7 Å². The molecule has 0 atom stereocenters. The van der Waals surface area contributed by atoms with Crippen LogP contribution >= 0.6 is 0 Å². The SMILES string of the molecule is Cc1ccc(-c2noc(COC(=O)CNC(=O)c3ccccc3F)n2)cc1. The van der Waals surface area contributed by atoms with Crippen LogP contribution in [0.4, 0.5) is 4.39 Å². The molecule has 1 aromatic heterocycles. The van der Waals surface area contributed by atoms with Crippen molar-refractivity contribution in [3.05, 3.63) is 71.4 Å². The van der Waals surface area contributed by atoms with E-state index in [4.69, 9.17) is 9.26 Å². The van der Waals surface area contributed by atoms with E-state index in [1.165, 1.54) is 18.2 Å². The van der Waals surface area contributed by atoms with Crippen LogP contribution in [-0.2, 0) is 16.1 Å². The van der Waals surface area contributed by atoms with E-state index in [0.717, 1.165) is 17.2 Å². The van der Waals surface area contributed by atoms with Gasteiger partial charge in [0, 0.05) is 5.56 Å². The molecule has 0 aliphatic rings. The summed E-state index contributed by atoms with van der Waals surface area (Å²) >= 11 is 0. The van der Waals surface area contributed by atoms with Gasteiger partial charge in [-0.25, -0.2) is 4.39 Å². The Kier molecular flexibility index (Phi) is 5.55. The van der Waals surface area contributed by atoms with E-state index >= 15 is 0 Å². The highest BCUT2D eigenvalue weighted by atomic mass is 19.1. The molecule has 0 aliphatic carbocycles. The standard InChI is InChI=1S/C19H16FN3O4/c1-12-6-8-13(9-7-12)18-22-16(27-23-18)11-26-17(24)10-21-19(25)14-4-2-3-5-15(14)20/h2-9H,10-11H2,1H3,(H,21,25). The molecule has 1 N–H and O–H groups in total. The van der Waals surface area contributed by atoms with E-state index in [0.29, 0.717) is 5.82 Å². The average Bonchev–Trinajstić information content (AvgIpc) is 3.14. The Morgan fingerprint density at radius 3 is 2.63 bits per heavy atom. The summed E-state index contributed by atoms with van der Waals surface area (Å²) < 4.78 is 23.5. The second-order valence-corrected chi connectivity index (χ2v) is 5.70. The predicted molar refractivity (Wildman–Crippen MR) is 93.0 cm³/mol. The van der Waals surface area contributed by atoms with Crippen LogP contribution in [0.25, 0.3) is 11.4 Å². The Morgan fingerprint density at radius 2 is 1.89 bits per heavy atom. The molecule has 0 fully saturated rings. The van der Waals surface area contributed by atoms with E-state index in [2.05, 4.69) is 15.5 Å². The number of aryl methyl sites for hydroxylation is 1. The summed E-state index contributed by atoms with van der Waals surface area (Å²) in [6.07, 6.45) is 0. The lowest BCUT2D eigenvalue weighted by Crippen LogP contribution is -2.31. The van der Waals surface area contributed by atoms with Crippen LogP contribution in [0.1, 0.15) is 21.8 Å². The number of esters is 1. The fraction of sp³-hybridized carbons (Fsp3) is 0.158. The fourth-order valence-corrected chi connectivity index (χ4v) is 2.22. The number of aromatic nitrogens is 2. The van der Waals surface area contributed by atoms with Gasteiger partial charge in [-0.15, -0.1) is 0 Å². The van der Waals surface area contributed by atoms with Gasteiger partial charge in [0.2, 0.25) is 5.82 Å². The van der Waals surface area contributed by atoms with Gasteiger partial charge in [0.25, 0.3) is 11.8 Å². The molecular formula is C19H16FN3O4. The van der Waals surface area contributed by atoms with Crippen molar-refractivity contribution in [3.8, 4) is 11.4 Å². The van der Waals surface area contributed by atoms with Crippen molar-refractivity contribution in [3.63, 3.8) is 0 Å². The lowest BCUT2D eigenvalue weighted by molar-refractivity contribution is -0.144. The van der Waals surface area contributed by atoms with E-state index in [1.54, 1.807) is 0 Å². The number of ether oxygens (including phenoxy) is 1. The van der Waals surface area contributed by atoms with Crippen molar-refractivity contribution < 1.29 is 23.2 Å². The number of nitrogens with zero attached hydrogens (tertiary/aromatic N) is 2. The largest absolute Gasteiger partial charge is 0.454 e. The second-order valence-electron chi connectivity index (χ2n) is 5.70. The molecule has 0 radical (unpaired) electrons. The van der Waals surface area contributed by atoms with E-state index in [-0.39, 0.29) is 18.1 Å². The monoisotopic (exact) mass is 369 g/mol. The van der Waals surface area contributed by atoms with Gasteiger partial charge in [0.1, 0.15) is 12.4 Å². The van der Waals surface area contributed by atoms with Crippen LogP contribution in [0.2, 0.25) is 0 Å². The third-order valence-electron chi connectivity index (χ3n) is 3.65. The number of carbonyl (C=O) groups excluding carboxylic acids is 2. The highest BCUT2D eigenvalue weighted by molar-refractivity contribution is 5.96. The van der Waals surface area contributed by atoms with Gasteiger partial charge in [0.15, 0.2) is 6.61 Å². The van der Waals surface area contributed by atoms with Crippen LogP contribution < -0.4 is 5.32 Å². The zero-order valence-electron chi connectivity index (χ0n) is 14.4. The van der Waals surface area contributed by atoms with Crippen LogP contribution in [-0.4, -0.2) is 28.6 Å². The predicted octanol–water partition coefficient (Wildman–Crippen LogP) is 2.66. The Balaban J connectivity index is 1.49. The zero-order valence-corrected chi connectivity index (χ0v) is 14.4. The van der Waals surface area contributed by atoms with Crippen LogP contribution in [0.15, 0.2) is 53.1 Å². The Labute approximate surface area is 154 Å². The topological polar surface area (TPSA) is 94.3 Å². The quantitative estimate of drug-likeness (QED) is 0.672. The fourth-order valence-electron chi connectivity index (χ4n) is 2.22. The van der Waals surface area contributed by atoms with Crippen molar-refractivity contribution in [1.82, 2.24) is 15.5 Å². The summed E-state index contributed by atoms with van der Waals surface area (Å²) in [5, 5.41) is 6.12. The number of hydrogen-bond donors (Lipinski definition) is 1. The minimum atomic E-state index is -0.713. The van der Waals surface area contributed by atoms with Gasteiger partial charge in [-0.1, -0.05) is 47.1 Å². The molecular weight excluding hydrogens is 353 g/mol. The number of nitrogens with one attached hydrogen (secondary N) is 1. The van der Waals surface area contributed by atoms with Gasteiger partial charge in [-0.05, 0) is 19.1 Å². The van der Waals surface area contributed by atoms with Gasteiger partial charge < -0.3 is 14.6 Å². The van der Waals surface area contributed by atoms with Gasteiger partial charge >= 0.3 is 5.97 Å². The van der Waals surface area contributed by atoms with Crippen LogP contribution in [0.5, 0.6) is 0 Å². The first-order chi connectivity index (χ1) is 13.0. The summed E-state index contributed by atoms with van der Waals surface area (Å²) in [6.45, 7) is 1.33. The smallest absolute Gasteiger partial charge is 0.325 e. The van der Waals surface area contributed by atoms with Crippen molar-refractivity contribution >= 4 is 11.9 Å². The molecule has 3 aromatic rings. The molecule has 0 spiro atoms. The first-order valence-corrected chi connectivity index (χ1v) is 8.11. The van der Waals surface area contributed by atoms with Crippen LogP contribution in [0.3, 0.4) is 0 Å². The molecule has 0 bridgehead atoms. The maximum absolute atomic E-state index is 13.5. The van der Waals surface area contributed by atoms with Crippen molar-refractivity contribution in [2.75, 3.05) is 6.54 Å². The lowest BCUT2D eigenvalue weighted by Gasteiger charge is -2.05. The summed E-state index contributed by atoms with van der Waals surface area (Å²) in [5.41, 5.74) is 1.73. The number of benzene rings is 2. The van der Waals surface area contributed by atoms with Gasteiger partial charge in [-0.2, -0.15) is 4.98 Å². The lowest BCUT2D eigenvalue weighted by atomic mass is 10.1. The second kappa shape index (κ2) is 8.22. The molecule has 0 unspecified atom stereocenters. The van der Waals surface area contributed by atoms with Gasteiger partial charge in [-0.3, -0.25) is 9.59 Å². The third-order valence-corrected chi connectivity index (χ3v) is 3.65. The van der Waals surface area contributed by atoms with E-state index < -0.39 is 24.2 Å². The average molecular weight is 369 g/mol. The Morgan fingerprint density at radius 1 is 1.15 bits per heavy atom. The summed E-state index contributed by atoms with van der Waals surface area (Å²) in [6, 6.07) is 13.0. The highest BCUT2D eigenvalue weighted by Gasteiger charge is 2.14. The molecule has 0 aliphatic heterocycles. The molecule has 8 heteroatoms. The van der Waals surface area contributed by atoms with Gasteiger partial charge in [0.05, 0.1) is 5.56 Å². The number of amides is 1. The van der Waals surface area contributed by atoms with Crippen molar-refractivity contribution in [2.45, 2.75) is 13.5 Å². The Hall–Kier alpha value is -3.55. The molecule has 0 saturated heterocycles. The molecule has 27 heavy (non-hydrogen) atoms. The molecule has 0 saturated carbocycles.